The normalized spacial score (nSPS) is 10.8. The first-order chi connectivity index (χ1) is 9.63. The molecule has 0 fully saturated rings. The molecule has 0 aliphatic carbocycles. The van der Waals surface area contributed by atoms with E-state index in [0.717, 1.165) is 0 Å². The molecule has 2 aromatic carbocycles. The quantitative estimate of drug-likeness (QED) is 0.634. The molecular formula is C14H7Cl2FN2O. The second-order valence-electron chi connectivity index (χ2n) is 3.99. The fraction of sp³-hybridized carbons (Fsp3) is 0. The highest BCUT2D eigenvalue weighted by molar-refractivity contribution is 6.32. The lowest BCUT2D eigenvalue weighted by molar-refractivity contribution is 0.467. The van der Waals surface area contributed by atoms with Gasteiger partial charge in [0.2, 0.25) is 11.2 Å². The van der Waals surface area contributed by atoms with Crippen LogP contribution in [0.5, 0.6) is 11.6 Å². The van der Waals surface area contributed by atoms with E-state index < -0.39 is 5.82 Å². The monoisotopic (exact) mass is 308 g/mol. The molecule has 0 N–H and O–H groups in total. The van der Waals surface area contributed by atoms with Crippen LogP contribution in [0.25, 0.3) is 10.9 Å². The molecule has 3 nitrogen and oxygen atoms in total. The van der Waals surface area contributed by atoms with Gasteiger partial charge in [0.15, 0.2) is 0 Å². The van der Waals surface area contributed by atoms with Crippen molar-refractivity contribution in [1.29, 1.82) is 0 Å². The van der Waals surface area contributed by atoms with Gasteiger partial charge in [-0.1, -0.05) is 23.7 Å². The molecule has 1 heterocycles. The molecule has 0 saturated heterocycles. The van der Waals surface area contributed by atoms with Gasteiger partial charge in [0.25, 0.3) is 0 Å². The van der Waals surface area contributed by atoms with E-state index in [0.29, 0.717) is 16.7 Å². The predicted octanol–water partition coefficient (Wildman–Crippen LogP) is 4.87. The van der Waals surface area contributed by atoms with Crippen LogP contribution in [-0.4, -0.2) is 9.97 Å². The maximum absolute atomic E-state index is 13.0. The van der Waals surface area contributed by atoms with Crippen LogP contribution in [0, 0.1) is 5.82 Å². The number of ether oxygens (including phenoxy) is 1. The third-order valence-corrected chi connectivity index (χ3v) is 3.11. The summed E-state index contributed by atoms with van der Waals surface area (Å²) in [5.74, 6) is 0.134. The van der Waals surface area contributed by atoms with Crippen LogP contribution in [0.4, 0.5) is 4.39 Å². The molecule has 0 amide bonds. The van der Waals surface area contributed by atoms with Crippen LogP contribution < -0.4 is 4.74 Å². The molecule has 100 valence electrons. The summed E-state index contributed by atoms with van der Waals surface area (Å²) in [5.41, 5.74) is 0.653. The van der Waals surface area contributed by atoms with E-state index in [9.17, 15) is 4.39 Å². The third-order valence-electron chi connectivity index (χ3n) is 2.64. The molecule has 20 heavy (non-hydrogen) atoms. The molecule has 0 saturated carbocycles. The number of para-hydroxylation sites is 1. The van der Waals surface area contributed by atoms with Crippen LogP contribution in [0.1, 0.15) is 0 Å². The van der Waals surface area contributed by atoms with Crippen molar-refractivity contribution in [3.63, 3.8) is 0 Å². The zero-order chi connectivity index (χ0) is 14.1. The highest BCUT2D eigenvalue weighted by atomic mass is 35.5. The third kappa shape index (κ3) is 2.53. The fourth-order valence-corrected chi connectivity index (χ4v) is 2.13. The Morgan fingerprint density at radius 3 is 2.60 bits per heavy atom. The summed E-state index contributed by atoms with van der Waals surface area (Å²) in [7, 11) is 0. The Bertz CT molecular complexity index is 795. The number of rotatable bonds is 2. The van der Waals surface area contributed by atoms with E-state index in [1.165, 1.54) is 18.2 Å². The number of hydrogen-bond acceptors (Lipinski definition) is 3. The summed E-state index contributed by atoms with van der Waals surface area (Å²) in [4.78, 5) is 8.14. The maximum Gasteiger partial charge on any atom is 0.231 e. The van der Waals surface area contributed by atoms with E-state index in [1.54, 1.807) is 12.1 Å². The second-order valence-corrected chi connectivity index (χ2v) is 4.74. The smallest absolute Gasteiger partial charge is 0.231 e. The van der Waals surface area contributed by atoms with E-state index in [1.807, 2.05) is 12.1 Å². The molecule has 0 radical (unpaired) electrons. The molecular weight excluding hydrogens is 302 g/mol. The summed E-state index contributed by atoms with van der Waals surface area (Å²) < 4.78 is 18.6. The first-order valence-corrected chi connectivity index (χ1v) is 6.44. The SMILES string of the molecule is Fc1ccc(Oc2nc(Cl)nc3ccccc23)c(Cl)c1. The van der Waals surface area contributed by atoms with Gasteiger partial charge in [0.05, 0.1) is 15.9 Å². The fourth-order valence-electron chi connectivity index (χ4n) is 1.76. The Labute approximate surface area is 123 Å². The summed E-state index contributed by atoms with van der Waals surface area (Å²) in [6, 6.07) is 11.1. The molecule has 0 unspecified atom stereocenters. The molecule has 3 aromatic rings. The Morgan fingerprint density at radius 2 is 1.80 bits per heavy atom. The summed E-state index contributed by atoms with van der Waals surface area (Å²) in [5, 5.41) is 0.915. The first-order valence-electron chi connectivity index (χ1n) is 5.69. The van der Waals surface area contributed by atoms with Gasteiger partial charge in [-0.15, -0.1) is 0 Å². The molecule has 6 heteroatoms. The van der Waals surface area contributed by atoms with Crippen molar-refractivity contribution in [3.8, 4) is 11.6 Å². The standard InChI is InChI=1S/C14H7Cl2FN2O/c15-10-7-8(17)5-6-12(10)20-13-9-3-1-2-4-11(9)18-14(16)19-13/h1-7H. The number of hydrogen-bond donors (Lipinski definition) is 0. The average molecular weight is 309 g/mol. The Balaban J connectivity index is 2.10. The Kier molecular flexibility index (Phi) is 3.42. The minimum Gasteiger partial charge on any atom is -0.437 e. The maximum atomic E-state index is 13.0. The predicted molar refractivity (Wildman–Crippen MR) is 76.0 cm³/mol. The van der Waals surface area contributed by atoms with Crippen molar-refractivity contribution in [2.45, 2.75) is 0 Å². The van der Waals surface area contributed by atoms with Crippen molar-refractivity contribution < 1.29 is 9.13 Å². The Morgan fingerprint density at radius 1 is 1.00 bits per heavy atom. The van der Waals surface area contributed by atoms with Crippen molar-refractivity contribution in [2.24, 2.45) is 0 Å². The van der Waals surface area contributed by atoms with Gasteiger partial charge >= 0.3 is 0 Å². The topological polar surface area (TPSA) is 35.0 Å². The van der Waals surface area contributed by atoms with Gasteiger partial charge in [-0.3, -0.25) is 0 Å². The number of nitrogens with zero attached hydrogens (tertiary/aromatic N) is 2. The van der Waals surface area contributed by atoms with Crippen molar-refractivity contribution >= 4 is 34.1 Å². The Hall–Kier alpha value is -1.91. The second kappa shape index (κ2) is 5.23. The lowest BCUT2D eigenvalue weighted by atomic mass is 10.2. The van der Waals surface area contributed by atoms with E-state index >= 15 is 0 Å². The molecule has 0 aliphatic rings. The number of halogens is 3. The molecule has 1 aromatic heterocycles. The van der Waals surface area contributed by atoms with Gasteiger partial charge in [0.1, 0.15) is 11.6 Å². The van der Waals surface area contributed by atoms with Crippen LogP contribution in [0.2, 0.25) is 10.3 Å². The number of benzene rings is 2. The largest absolute Gasteiger partial charge is 0.437 e. The molecule has 0 bridgehead atoms. The zero-order valence-electron chi connectivity index (χ0n) is 9.98. The van der Waals surface area contributed by atoms with Crippen molar-refractivity contribution in [3.05, 3.63) is 58.6 Å². The van der Waals surface area contributed by atoms with Crippen molar-refractivity contribution in [1.82, 2.24) is 9.97 Å². The lowest BCUT2D eigenvalue weighted by Crippen LogP contribution is -1.93. The zero-order valence-corrected chi connectivity index (χ0v) is 11.5. The van der Waals surface area contributed by atoms with Crippen LogP contribution in [0.15, 0.2) is 42.5 Å². The van der Waals surface area contributed by atoms with E-state index in [-0.39, 0.29) is 16.2 Å². The molecule has 0 spiro atoms. The van der Waals surface area contributed by atoms with Crippen molar-refractivity contribution in [2.75, 3.05) is 0 Å². The van der Waals surface area contributed by atoms with Crippen LogP contribution in [-0.2, 0) is 0 Å². The number of fused-ring (bicyclic) bond motifs is 1. The van der Waals surface area contributed by atoms with Gasteiger partial charge in [-0.25, -0.2) is 9.37 Å². The molecule has 0 atom stereocenters. The summed E-state index contributed by atoms with van der Waals surface area (Å²) >= 11 is 11.8. The highest BCUT2D eigenvalue weighted by Gasteiger charge is 2.11. The highest BCUT2D eigenvalue weighted by Crippen LogP contribution is 2.32. The minimum atomic E-state index is -0.437. The minimum absolute atomic E-state index is 0.0666. The van der Waals surface area contributed by atoms with E-state index in [2.05, 4.69) is 9.97 Å². The van der Waals surface area contributed by atoms with Crippen LogP contribution in [0.3, 0.4) is 0 Å². The first kappa shape index (κ1) is 13.1. The molecule has 3 rings (SSSR count). The van der Waals surface area contributed by atoms with E-state index in [4.69, 9.17) is 27.9 Å². The molecule has 0 aliphatic heterocycles. The number of aromatic nitrogens is 2. The van der Waals surface area contributed by atoms with Gasteiger partial charge < -0.3 is 4.74 Å². The summed E-state index contributed by atoms with van der Waals surface area (Å²) in [6.07, 6.45) is 0. The van der Waals surface area contributed by atoms with Gasteiger partial charge in [0, 0.05) is 0 Å². The summed E-state index contributed by atoms with van der Waals surface area (Å²) in [6.45, 7) is 0. The van der Waals surface area contributed by atoms with Gasteiger partial charge in [-0.2, -0.15) is 4.98 Å². The van der Waals surface area contributed by atoms with Crippen LogP contribution >= 0.6 is 23.2 Å². The van der Waals surface area contributed by atoms with Gasteiger partial charge in [-0.05, 0) is 41.9 Å². The average Bonchev–Trinajstić information content (AvgIpc) is 2.41. The lowest BCUT2D eigenvalue weighted by Gasteiger charge is -2.09.